The van der Waals surface area contributed by atoms with Gasteiger partial charge in [0.1, 0.15) is 29.2 Å². The molecule has 2 unspecified atom stereocenters. The molecule has 7 rings (SSSR count). The van der Waals surface area contributed by atoms with Crippen LogP contribution in [0.25, 0.3) is 21.9 Å². The first-order valence-corrected chi connectivity index (χ1v) is 21.6. The lowest BCUT2D eigenvalue weighted by Crippen LogP contribution is -2.57. The van der Waals surface area contributed by atoms with E-state index in [1.54, 1.807) is 7.11 Å². The van der Waals surface area contributed by atoms with Gasteiger partial charge < -0.3 is 24.6 Å². The largest absolute Gasteiger partial charge is 0.497 e. The van der Waals surface area contributed by atoms with Gasteiger partial charge in [-0.2, -0.15) is 0 Å². The molecule has 0 spiro atoms. The van der Waals surface area contributed by atoms with E-state index in [1.165, 1.54) is 11.0 Å². The highest BCUT2D eigenvalue weighted by Gasteiger charge is 2.62. The van der Waals surface area contributed by atoms with Gasteiger partial charge in [-0.05, 0) is 90.8 Å². The molecule has 13 heteroatoms. The predicted octanol–water partition coefficient (Wildman–Crippen LogP) is 5.60. The third kappa shape index (κ3) is 8.54. The first-order chi connectivity index (χ1) is 27.1. The summed E-state index contributed by atoms with van der Waals surface area (Å²) in [6.45, 7) is 11.0. The van der Waals surface area contributed by atoms with Crippen molar-refractivity contribution in [2.75, 3.05) is 26.7 Å². The molecule has 3 aromatic carbocycles. The second kappa shape index (κ2) is 15.8. The summed E-state index contributed by atoms with van der Waals surface area (Å²) in [6.07, 6.45) is 5.00. The topological polar surface area (TPSA) is 151 Å². The number of nitrogens with zero attached hydrogens (tertiary/aromatic N) is 2. The van der Waals surface area contributed by atoms with Gasteiger partial charge in [-0.15, -0.1) is 6.58 Å². The summed E-state index contributed by atoms with van der Waals surface area (Å²) in [4.78, 5) is 60.1. The molecule has 2 saturated carbocycles. The van der Waals surface area contributed by atoms with Gasteiger partial charge in [0, 0.05) is 37.2 Å². The average Bonchev–Trinajstić information content (AvgIpc) is 4.13. The molecule has 4 aliphatic rings. The van der Waals surface area contributed by atoms with Gasteiger partial charge in [-0.1, -0.05) is 57.2 Å². The first kappa shape index (κ1) is 40.3. The van der Waals surface area contributed by atoms with Crippen LogP contribution < -0.4 is 19.5 Å². The van der Waals surface area contributed by atoms with Crippen molar-refractivity contribution in [3.8, 4) is 22.6 Å². The number of benzene rings is 3. The third-order valence-electron chi connectivity index (χ3n) is 12.1. The zero-order chi connectivity index (χ0) is 40.7. The van der Waals surface area contributed by atoms with Crippen molar-refractivity contribution in [3.05, 3.63) is 73.3 Å². The van der Waals surface area contributed by atoms with Crippen molar-refractivity contribution in [2.45, 2.75) is 95.1 Å². The molecule has 4 fully saturated rings. The van der Waals surface area contributed by atoms with E-state index in [1.807, 2.05) is 80.3 Å². The second-order valence-electron chi connectivity index (χ2n) is 17.2. The van der Waals surface area contributed by atoms with E-state index in [4.69, 9.17) is 9.47 Å². The summed E-state index contributed by atoms with van der Waals surface area (Å²) in [6, 6.07) is 18.5. The van der Waals surface area contributed by atoms with Crippen LogP contribution in [-0.2, 0) is 29.2 Å². The lowest BCUT2D eigenvalue weighted by Gasteiger charge is -2.36. The molecule has 2 N–H and O–H groups in total. The minimum Gasteiger partial charge on any atom is -0.497 e. The first-order valence-electron chi connectivity index (χ1n) is 20.1. The van der Waals surface area contributed by atoms with Crippen LogP contribution in [-0.4, -0.2) is 91.5 Å². The minimum atomic E-state index is -3.89. The molecule has 57 heavy (non-hydrogen) atoms. The lowest BCUT2D eigenvalue weighted by atomic mass is 9.77. The van der Waals surface area contributed by atoms with Gasteiger partial charge in [-0.25, -0.2) is 8.42 Å². The van der Waals surface area contributed by atoms with Gasteiger partial charge in [0.15, 0.2) is 0 Å². The SMILES string of the molecule is C=CC1C[C@]1(NC(=O)[C@@H]1C[C@@H](Oc2cc(-c3ccccc3)cc3cc(OC)ccc23)CN1C(=O)C(CC(=O)N1CCCCC1)C(C)(C)C)C(=O)NS(=O)(=O)C1CC1. The van der Waals surface area contributed by atoms with Crippen LogP contribution >= 0.6 is 0 Å². The molecule has 2 heterocycles. The fourth-order valence-electron chi connectivity index (χ4n) is 8.32. The molecule has 0 radical (unpaired) electrons. The Bertz CT molecular complexity index is 2160. The van der Waals surface area contributed by atoms with Crippen molar-refractivity contribution in [3.63, 3.8) is 0 Å². The summed E-state index contributed by atoms with van der Waals surface area (Å²) in [5, 5.41) is 3.95. The van der Waals surface area contributed by atoms with Crippen molar-refractivity contribution < 1.29 is 37.1 Å². The molecule has 304 valence electrons. The summed E-state index contributed by atoms with van der Waals surface area (Å²) in [7, 11) is -2.28. The number of ether oxygens (including phenoxy) is 2. The summed E-state index contributed by atoms with van der Waals surface area (Å²) in [5.41, 5.74) is -0.271. The lowest BCUT2D eigenvalue weighted by molar-refractivity contribution is -0.148. The average molecular weight is 799 g/mol. The Hall–Kier alpha value is -4.91. The van der Waals surface area contributed by atoms with Gasteiger partial charge in [0.05, 0.1) is 24.8 Å². The van der Waals surface area contributed by atoms with Gasteiger partial charge in [0.25, 0.3) is 5.91 Å². The summed E-state index contributed by atoms with van der Waals surface area (Å²) < 4.78 is 40.2. The van der Waals surface area contributed by atoms with Gasteiger partial charge in [-0.3, -0.25) is 23.9 Å². The van der Waals surface area contributed by atoms with E-state index in [0.717, 1.165) is 41.2 Å². The van der Waals surface area contributed by atoms with Crippen LogP contribution in [0.15, 0.2) is 73.3 Å². The number of rotatable bonds is 13. The van der Waals surface area contributed by atoms with Crippen molar-refractivity contribution >= 4 is 44.4 Å². The number of carbonyl (C=O) groups is 4. The zero-order valence-electron chi connectivity index (χ0n) is 33.3. The number of nitrogens with one attached hydrogen (secondary N) is 2. The second-order valence-corrected chi connectivity index (χ2v) is 19.1. The van der Waals surface area contributed by atoms with Crippen LogP contribution in [0.5, 0.6) is 11.5 Å². The molecule has 12 nitrogen and oxygen atoms in total. The van der Waals surface area contributed by atoms with Gasteiger partial charge in [0.2, 0.25) is 27.7 Å². The molecule has 0 bridgehead atoms. The quantitative estimate of drug-likeness (QED) is 0.212. The number of fused-ring (bicyclic) bond motifs is 1. The summed E-state index contributed by atoms with van der Waals surface area (Å²) >= 11 is 0. The molecule has 0 aromatic heterocycles. The van der Waals surface area contributed by atoms with Crippen molar-refractivity contribution in [1.29, 1.82) is 0 Å². The van der Waals surface area contributed by atoms with Crippen LogP contribution in [0.3, 0.4) is 0 Å². The van der Waals surface area contributed by atoms with Crippen LogP contribution in [0.2, 0.25) is 0 Å². The monoisotopic (exact) mass is 798 g/mol. The summed E-state index contributed by atoms with van der Waals surface area (Å²) in [5.74, 6) is -1.85. The van der Waals surface area contributed by atoms with E-state index in [-0.39, 0.29) is 37.6 Å². The standard InChI is InChI=1S/C44H54N4O8S/c1-6-31-26-44(31,42(52)46-57(53,54)34-16-17-34)45-40(50)37-24-33(27-48(37)41(51)36(43(2,3)4)25-39(49)47-19-11-8-12-20-47)56-38-23-29(28-13-9-7-10-14-28)21-30-22-32(55-5)15-18-35(30)38/h6-7,9-10,13-15,18,21-23,31,33-34,36-37H,1,8,11-12,16-17,19-20,24-27H2,2-5H3,(H,45,50)(H,46,52)/t31?,33-,36?,37+,44-/m1/s1. The normalized spacial score (nSPS) is 24.0. The smallest absolute Gasteiger partial charge is 0.259 e. The Morgan fingerprint density at radius 1 is 0.982 bits per heavy atom. The van der Waals surface area contributed by atoms with Crippen LogP contribution in [0.4, 0.5) is 0 Å². The number of piperidine rings is 1. The maximum atomic E-state index is 14.9. The van der Waals surface area contributed by atoms with E-state index in [0.29, 0.717) is 37.4 Å². The Kier molecular flexibility index (Phi) is 11.2. The van der Waals surface area contributed by atoms with Crippen LogP contribution in [0.1, 0.15) is 72.1 Å². The zero-order valence-corrected chi connectivity index (χ0v) is 34.1. The number of likely N-dealkylation sites (tertiary alicyclic amines) is 2. The van der Waals surface area contributed by atoms with E-state index < -0.39 is 62.0 Å². The maximum Gasteiger partial charge on any atom is 0.259 e. The Labute approximate surface area is 335 Å². The van der Waals surface area contributed by atoms with Crippen LogP contribution in [0, 0.1) is 17.3 Å². The molecular formula is C44H54N4O8S. The van der Waals surface area contributed by atoms with E-state index in [2.05, 4.69) is 22.7 Å². The number of amides is 4. The Morgan fingerprint density at radius 3 is 2.33 bits per heavy atom. The molecular weight excluding hydrogens is 745 g/mol. The van der Waals surface area contributed by atoms with E-state index in [9.17, 15) is 27.6 Å². The Balaban J connectivity index is 1.21. The fraction of sp³-hybridized carbons (Fsp3) is 0.500. The highest BCUT2D eigenvalue weighted by molar-refractivity contribution is 7.91. The van der Waals surface area contributed by atoms with E-state index >= 15 is 0 Å². The fourth-order valence-corrected chi connectivity index (χ4v) is 9.68. The molecule has 2 aliphatic carbocycles. The molecule has 4 amide bonds. The van der Waals surface area contributed by atoms with Gasteiger partial charge >= 0.3 is 0 Å². The highest BCUT2D eigenvalue weighted by atomic mass is 32.2. The molecule has 3 aromatic rings. The molecule has 2 aliphatic heterocycles. The highest BCUT2D eigenvalue weighted by Crippen LogP contribution is 2.46. The number of sulfonamides is 1. The minimum absolute atomic E-state index is 0.00576. The van der Waals surface area contributed by atoms with Crippen molar-refractivity contribution in [2.24, 2.45) is 17.3 Å². The molecule has 5 atom stereocenters. The maximum absolute atomic E-state index is 14.9. The number of hydrogen-bond donors (Lipinski definition) is 2. The third-order valence-corrected chi connectivity index (χ3v) is 13.9. The number of hydrogen-bond acceptors (Lipinski definition) is 8. The van der Waals surface area contributed by atoms with Crippen molar-refractivity contribution in [1.82, 2.24) is 19.8 Å². The molecule has 2 saturated heterocycles. The Morgan fingerprint density at radius 2 is 1.70 bits per heavy atom. The number of carbonyl (C=O) groups excluding carboxylic acids is 4. The number of methoxy groups -OCH3 is 1. The predicted molar refractivity (Wildman–Crippen MR) is 218 cm³/mol.